The van der Waals surface area contributed by atoms with E-state index in [4.69, 9.17) is 11.0 Å². The number of rotatable bonds is 3. The maximum atomic E-state index is 8.52. The van der Waals surface area contributed by atoms with E-state index in [1.54, 1.807) is 11.3 Å². The Labute approximate surface area is 97.8 Å². The monoisotopic (exact) mass is 229 g/mol. The molecule has 2 rings (SSSR count). The number of hydrogen-bond acceptors (Lipinski definition) is 4. The van der Waals surface area contributed by atoms with Crippen LogP contribution in [0.1, 0.15) is 10.4 Å². The van der Waals surface area contributed by atoms with E-state index >= 15 is 0 Å². The average molecular weight is 229 g/mol. The van der Waals surface area contributed by atoms with Crippen molar-refractivity contribution in [2.24, 2.45) is 5.73 Å². The lowest BCUT2D eigenvalue weighted by Crippen LogP contribution is -1.99. The van der Waals surface area contributed by atoms with Gasteiger partial charge in [-0.3, -0.25) is 5.32 Å². The molecule has 80 valence electrons. The summed E-state index contributed by atoms with van der Waals surface area (Å²) in [6.07, 6.45) is 1.87. The molecule has 0 aliphatic heterocycles. The Morgan fingerprint density at radius 2 is 2.31 bits per heavy atom. The van der Waals surface area contributed by atoms with Gasteiger partial charge < -0.3 is 5.73 Å². The predicted octanol–water partition coefficient (Wildman–Crippen LogP) is 2.40. The van der Waals surface area contributed by atoms with Crippen molar-refractivity contribution in [2.45, 2.75) is 6.54 Å². The third-order valence-corrected chi connectivity index (χ3v) is 3.50. The molecule has 0 saturated heterocycles. The number of nitrogens with one attached hydrogen (secondary N) is 1. The Balaban J connectivity index is 2.44. The van der Waals surface area contributed by atoms with Crippen LogP contribution in [0.25, 0.3) is 15.8 Å². The fraction of sp³-hybridized carbons (Fsp3) is 0.0833. The summed E-state index contributed by atoms with van der Waals surface area (Å²) < 4.78 is 1.17. The summed E-state index contributed by atoms with van der Waals surface area (Å²) >= 11 is 1.61. The van der Waals surface area contributed by atoms with E-state index in [2.05, 4.69) is 18.0 Å². The normalized spacial score (nSPS) is 10.0. The van der Waals surface area contributed by atoms with Crippen molar-refractivity contribution < 1.29 is 0 Å². The van der Waals surface area contributed by atoms with Crippen LogP contribution in [0.5, 0.6) is 0 Å². The Morgan fingerprint density at radius 3 is 3.00 bits per heavy atom. The lowest BCUT2D eigenvalue weighted by atomic mass is 10.1. The second-order valence-electron chi connectivity index (χ2n) is 3.40. The highest BCUT2D eigenvalue weighted by atomic mass is 32.1. The fourth-order valence-electron chi connectivity index (χ4n) is 1.50. The molecule has 0 radical (unpaired) electrons. The smallest absolute Gasteiger partial charge is 0.181 e. The highest BCUT2D eigenvalue weighted by Crippen LogP contribution is 2.29. The van der Waals surface area contributed by atoms with Gasteiger partial charge in [0.15, 0.2) is 6.19 Å². The lowest BCUT2D eigenvalue weighted by Gasteiger charge is -1.95. The van der Waals surface area contributed by atoms with Crippen LogP contribution in [0, 0.1) is 11.5 Å². The minimum Gasteiger partial charge on any atom is -0.326 e. The Hall–Kier alpha value is -1.83. The van der Waals surface area contributed by atoms with Crippen LogP contribution in [0.15, 0.2) is 30.8 Å². The number of nitriles is 1. The highest BCUT2D eigenvalue weighted by molar-refractivity contribution is 7.20. The third kappa shape index (κ3) is 1.91. The molecule has 2 aromatic rings. The first kappa shape index (κ1) is 10.7. The van der Waals surface area contributed by atoms with Crippen LogP contribution in [-0.4, -0.2) is 0 Å². The summed E-state index contributed by atoms with van der Waals surface area (Å²) in [5.41, 5.74) is 7.33. The van der Waals surface area contributed by atoms with Gasteiger partial charge in [0.25, 0.3) is 0 Å². The van der Waals surface area contributed by atoms with Gasteiger partial charge in [-0.25, -0.2) is 0 Å². The lowest BCUT2D eigenvalue weighted by molar-refractivity contribution is 1.08. The first-order chi connectivity index (χ1) is 7.74. The highest BCUT2D eigenvalue weighted by Gasteiger charge is 2.05. The van der Waals surface area contributed by atoms with Gasteiger partial charge in [-0.2, -0.15) is 5.26 Å². The van der Waals surface area contributed by atoms with E-state index in [0.717, 1.165) is 15.8 Å². The molecule has 0 bridgehead atoms. The molecule has 4 heteroatoms. The van der Waals surface area contributed by atoms with E-state index in [0.29, 0.717) is 12.2 Å². The summed E-state index contributed by atoms with van der Waals surface area (Å²) in [5.74, 6) is 0. The summed E-state index contributed by atoms with van der Waals surface area (Å²) in [4.78, 5) is 0.978. The molecule has 1 aromatic carbocycles. The fourth-order valence-corrected chi connectivity index (χ4v) is 2.47. The van der Waals surface area contributed by atoms with E-state index in [1.807, 2.05) is 24.4 Å². The molecule has 1 heterocycles. The zero-order valence-corrected chi connectivity index (χ0v) is 9.47. The summed E-state index contributed by atoms with van der Waals surface area (Å²) in [6.45, 7) is 4.34. The molecule has 0 fully saturated rings. The molecule has 16 heavy (non-hydrogen) atoms. The number of benzene rings is 1. The molecular weight excluding hydrogens is 218 g/mol. The first-order valence-corrected chi connectivity index (χ1v) is 5.63. The summed E-state index contributed by atoms with van der Waals surface area (Å²) in [6, 6.07) is 8.15. The van der Waals surface area contributed by atoms with Crippen molar-refractivity contribution in [3.63, 3.8) is 0 Å². The number of nitrogens with two attached hydrogens (primary N) is 1. The van der Waals surface area contributed by atoms with Gasteiger partial charge in [0.05, 0.1) is 10.6 Å². The SMILES string of the molecule is C=C(NC#N)c1cc2cc(CN)ccc2s1. The van der Waals surface area contributed by atoms with E-state index < -0.39 is 0 Å². The molecule has 3 nitrogen and oxygen atoms in total. The number of hydrogen-bond donors (Lipinski definition) is 2. The molecular formula is C12H11N3S. The molecule has 0 amide bonds. The standard InChI is InChI=1S/C12H11N3S/c1-8(15-7-14)12-5-10-4-9(6-13)2-3-11(10)16-12/h2-5,15H,1,6,13H2. The second kappa shape index (κ2) is 4.35. The van der Waals surface area contributed by atoms with Gasteiger partial charge in [0.1, 0.15) is 0 Å². The topological polar surface area (TPSA) is 61.8 Å². The Kier molecular flexibility index (Phi) is 2.91. The molecule has 0 spiro atoms. The van der Waals surface area contributed by atoms with Crippen LogP contribution in [0.2, 0.25) is 0 Å². The summed E-state index contributed by atoms with van der Waals surface area (Å²) in [7, 11) is 0. The number of fused-ring (bicyclic) bond motifs is 1. The largest absolute Gasteiger partial charge is 0.326 e. The van der Waals surface area contributed by atoms with Crippen molar-refractivity contribution in [3.05, 3.63) is 41.3 Å². The van der Waals surface area contributed by atoms with Crippen LogP contribution < -0.4 is 11.1 Å². The molecule has 0 atom stereocenters. The van der Waals surface area contributed by atoms with Crippen LogP contribution in [-0.2, 0) is 6.54 Å². The zero-order chi connectivity index (χ0) is 11.5. The number of nitrogens with zero attached hydrogens (tertiary/aromatic N) is 1. The average Bonchev–Trinajstić information content (AvgIpc) is 2.71. The van der Waals surface area contributed by atoms with Crippen LogP contribution in [0.3, 0.4) is 0 Å². The van der Waals surface area contributed by atoms with E-state index in [-0.39, 0.29) is 0 Å². The molecule has 3 N–H and O–H groups in total. The predicted molar refractivity (Wildman–Crippen MR) is 67.5 cm³/mol. The van der Waals surface area contributed by atoms with Gasteiger partial charge in [-0.05, 0) is 29.1 Å². The van der Waals surface area contributed by atoms with Gasteiger partial charge in [0, 0.05) is 11.2 Å². The molecule has 0 unspecified atom stereocenters. The van der Waals surface area contributed by atoms with Crippen LogP contribution in [0.4, 0.5) is 0 Å². The Morgan fingerprint density at radius 1 is 1.50 bits per heavy atom. The molecule has 1 aromatic heterocycles. The van der Waals surface area contributed by atoms with Gasteiger partial charge in [0.2, 0.25) is 0 Å². The minimum atomic E-state index is 0.540. The van der Waals surface area contributed by atoms with Crippen molar-refractivity contribution in [1.29, 1.82) is 5.26 Å². The minimum absolute atomic E-state index is 0.540. The zero-order valence-electron chi connectivity index (χ0n) is 8.66. The Bertz CT molecular complexity index is 577. The van der Waals surface area contributed by atoms with Gasteiger partial charge in [-0.1, -0.05) is 12.6 Å². The quantitative estimate of drug-likeness (QED) is 0.627. The molecule has 0 aliphatic carbocycles. The maximum Gasteiger partial charge on any atom is 0.181 e. The first-order valence-electron chi connectivity index (χ1n) is 4.81. The van der Waals surface area contributed by atoms with Gasteiger partial charge in [-0.15, -0.1) is 11.3 Å². The van der Waals surface area contributed by atoms with Crippen molar-refractivity contribution in [3.8, 4) is 6.19 Å². The molecule has 0 aliphatic rings. The van der Waals surface area contributed by atoms with Crippen LogP contribution >= 0.6 is 11.3 Å². The van der Waals surface area contributed by atoms with Gasteiger partial charge >= 0.3 is 0 Å². The number of thiophene rings is 1. The van der Waals surface area contributed by atoms with E-state index in [1.165, 1.54) is 4.70 Å². The van der Waals surface area contributed by atoms with Crippen molar-refractivity contribution >= 4 is 27.1 Å². The third-order valence-electron chi connectivity index (χ3n) is 2.32. The van der Waals surface area contributed by atoms with E-state index in [9.17, 15) is 0 Å². The summed E-state index contributed by atoms with van der Waals surface area (Å²) in [5, 5.41) is 12.2. The van der Waals surface area contributed by atoms with Crippen molar-refractivity contribution in [1.82, 2.24) is 5.32 Å². The van der Waals surface area contributed by atoms with Crippen molar-refractivity contribution in [2.75, 3.05) is 0 Å². The molecule has 0 saturated carbocycles. The maximum absolute atomic E-state index is 8.52. The second-order valence-corrected chi connectivity index (χ2v) is 4.49.